The fraction of sp³-hybridized carbons (Fsp3) is 0.273. The van der Waals surface area contributed by atoms with E-state index in [0.29, 0.717) is 37.4 Å². The molecule has 9 heteroatoms. The summed E-state index contributed by atoms with van der Waals surface area (Å²) >= 11 is 0. The second-order valence-electron chi connectivity index (χ2n) is 7.06. The van der Waals surface area contributed by atoms with E-state index in [1.54, 1.807) is 34.1 Å². The number of hydrogen-bond donors (Lipinski definition) is 1. The highest BCUT2D eigenvalue weighted by atomic mass is 16.5. The summed E-state index contributed by atoms with van der Waals surface area (Å²) in [4.78, 5) is 45.0. The highest BCUT2D eigenvalue weighted by molar-refractivity contribution is 5.98. The Balaban J connectivity index is 1.32. The van der Waals surface area contributed by atoms with Crippen LogP contribution in [-0.4, -0.2) is 72.3 Å². The summed E-state index contributed by atoms with van der Waals surface area (Å²) < 4.78 is 10.5. The second kappa shape index (κ2) is 8.86. The van der Waals surface area contributed by atoms with E-state index in [2.05, 4.69) is 10.3 Å². The van der Waals surface area contributed by atoms with Crippen LogP contribution in [0, 0.1) is 0 Å². The molecule has 0 saturated carbocycles. The van der Waals surface area contributed by atoms with E-state index in [1.807, 2.05) is 18.2 Å². The molecule has 1 fully saturated rings. The third kappa shape index (κ3) is 4.35. The largest absolute Gasteiger partial charge is 0.496 e. The van der Waals surface area contributed by atoms with Crippen molar-refractivity contribution in [1.29, 1.82) is 0 Å². The number of para-hydroxylation sites is 1. The summed E-state index contributed by atoms with van der Waals surface area (Å²) in [5, 5.41) is 3.43. The molecule has 0 unspecified atom stereocenters. The summed E-state index contributed by atoms with van der Waals surface area (Å²) in [6, 6.07) is 12.2. The number of nitrogens with one attached hydrogen (secondary N) is 1. The maximum absolute atomic E-state index is 12.6. The van der Waals surface area contributed by atoms with Crippen molar-refractivity contribution in [3.05, 3.63) is 60.2 Å². The molecule has 0 aliphatic carbocycles. The summed E-state index contributed by atoms with van der Waals surface area (Å²) in [6.07, 6.45) is 1.45. The number of amides is 3. The zero-order valence-corrected chi connectivity index (χ0v) is 17.0. The first kappa shape index (κ1) is 20.4. The smallest absolute Gasteiger partial charge is 0.289 e. The summed E-state index contributed by atoms with van der Waals surface area (Å²) in [5.41, 5.74) is 0.813. The van der Waals surface area contributed by atoms with Gasteiger partial charge in [0.15, 0.2) is 5.76 Å². The lowest BCUT2D eigenvalue weighted by Crippen LogP contribution is -2.52. The van der Waals surface area contributed by atoms with E-state index in [9.17, 15) is 14.4 Å². The molecule has 31 heavy (non-hydrogen) atoms. The molecule has 3 aromatic rings. The maximum atomic E-state index is 12.6. The van der Waals surface area contributed by atoms with Gasteiger partial charge in [-0.1, -0.05) is 12.1 Å². The summed E-state index contributed by atoms with van der Waals surface area (Å²) in [6.45, 7) is 1.44. The van der Waals surface area contributed by atoms with Gasteiger partial charge in [0.2, 0.25) is 5.91 Å². The lowest BCUT2D eigenvalue weighted by atomic mass is 10.1. The topological polar surface area (TPSA) is 105 Å². The van der Waals surface area contributed by atoms with Crippen molar-refractivity contribution in [2.45, 2.75) is 0 Å². The van der Waals surface area contributed by atoms with Gasteiger partial charge in [0.05, 0.1) is 25.4 Å². The lowest BCUT2D eigenvalue weighted by Gasteiger charge is -2.34. The molecular weight excluding hydrogens is 400 g/mol. The molecule has 9 nitrogen and oxygen atoms in total. The van der Waals surface area contributed by atoms with Gasteiger partial charge in [0.25, 0.3) is 11.8 Å². The van der Waals surface area contributed by atoms with Crippen molar-refractivity contribution in [1.82, 2.24) is 20.1 Å². The number of fused-ring (bicyclic) bond motifs is 1. The van der Waals surface area contributed by atoms with Gasteiger partial charge in [-0.15, -0.1) is 0 Å². The van der Waals surface area contributed by atoms with E-state index in [0.717, 1.165) is 5.39 Å². The number of nitrogens with zero attached hydrogens (tertiary/aromatic N) is 3. The monoisotopic (exact) mass is 422 g/mol. The number of hydrogen-bond acceptors (Lipinski definition) is 6. The minimum Gasteiger partial charge on any atom is -0.496 e. The quantitative estimate of drug-likeness (QED) is 0.669. The number of rotatable bonds is 5. The zero-order valence-electron chi connectivity index (χ0n) is 17.0. The van der Waals surface area contributed by atoms with Gasteiger partial charge in [-0.2, -0.15) is 0 Å². The van der Waals surface area contributed by atoms with Crippen LogP contribution in [0.15, 0.2) is 53.1 Å². The molecule has 0 radical (unpaired) electrons. The van der Waals surface area contributed by atoms with Crippen LogP contribution in [-0.2, 0) is 4.79 Å². The Morgan fingerprint density at radius 1 is 1.06 bits per heavy atom. The minimum absolute atomic E-state index is 0.151. The van der Waals surface area contributed by atoms with Gasteiger partial charge in [-0.05, 0) is 24.3 Å². The SMILES string of the molecule is COc1cc(C(=O)NCC(=O)N2CCN(C(=O)c3ccco3)CC2)nc2ccccc12. The molecule has 1 aromatic carbocycles. The molecule has 3 amide bonds. The third-order valence-electron chi connectivity index (χ3n) is 5.18. The molecule has 1 saturated heterocycles. The molecule has 0 bridgehead atoms. The third-order valence-corrected chi connectivity index (χ3v) is 5.18. The minimum atomic E-state index is -0.455. The molecule has 0 atom stereocenters. The molecule has 3 heterocycles. The number of furan rings is 1. The molecule has 2 aromatic heterocycles. The fourth-order valence-corrected chi connectivity index (χ4v) is 3.50. The summed E-state index contributed by atoms with van der Waals surface area (Å²) in [7, 11) is 1.53. The Bertz CT molecular complexity index is 1100. The normalized spacial score (nSPS) is 13.8. The van der Waals surface area contributed by atoms with E-state index < -0.39 is 5.91 Å². The van der Waals surface area contributed by atoms with Crippen LogP contribution in [0.5, 0.6) is 5.75 Å². The highest BCUT2D eigenvalue weighted by Gasteiger charge is 2.26. The van der Waals surface area contributed by atoms with Crippen molar-refractivity contribution >= 4 is 28.6 Å². The average Bonchev–Trinajstić information content (AvgIpc) is 3.36. The standard InChI is InChI=1S/C22H22N4O5/c1-30-19-13-17(24-16-6-3-2-5-15(16)19)21(28)23-14-20(27)25-8-10-26(11-9-25)22(29)18-7-4-12-31-18/h2-7,12-13H,8-11,14H2,1H3,(H,23,28). The maximum Gasteiger partial charge on any atom is 0.289 e. The van der Waals surface area contributed by atoms with Crippen LogP contribution >= 0.6 is 0 Å². The van der Waals surface area contributed by atoms with E-state index >= 15 is 0 Å². The van der Waals surface area contributed by atoms with Gasteiger partial charge in [0.1, 0.15) is 11.4 Å². The molecule has 0 spiro atoms. The predicted molar refractivity (Wildman–Crippen MR) is 112 cm³/mol. The van der Waals surface area contributed by atoms with Crippen molar-refractivity contribution in [2.75, 3.05) is 39.8 Å². The highest BCUT2D eigenvalue weighted by Crippen LogP contribution is 2.24. The Labute approximate surface area is 178 Å². The number of benzene rings is 1. The number of aromatic nitrogens is 1. The van der Waals surface area contributed by atoms with E-state index in [4.69, 9.17) is 9.15 Å². The first-order valence-corrected chi connectivity index (χ1v) is 9.89. The second-order valence-corrected chi connectivity index (χ2v) is 7.06. The number of pyridine rings is 1. The Morgan fingerprint density at radius 2 is 1.81 bits per heavy atom. The van der Waals surface area contributed by atoms with Gasteiger partial charge < -0.3 is 24.3 Å². The lowest BCUT2D eigenvalue weighted by molar-refractivity contribution is -0.131. The van der Waals surface area contributed by atoms with E-state index in [-0.39, 0.29) is 29.8 Å². The van der Waals surface area contributed by atoms with Crippen molar-refractivity contribution in [3.8, 4) is 5.75 Å². The number of piperazine rings is 1. The molecular formula is C22H22N4O5. The van der Waals surface area contributed by atoms with E-state index in [1.165, 1.54) is 13.4 Å². The predicted octanol–water partition coefficient (Wildman–Crippen LogP) is 1.55. The van der Waals surface area contributed by atoms with Gasteiger partial charge in [-0.25, -0.2) is 4.98 Å². The van der Waals surface area contributed by atoms with Crippen LogP contribution in [0.3, 0.4) is 0 Å². The first-order valence-electron chi connectivity index (χ1n) is 9.89. The zero-order chi connectivity index (χ0) is 21.8. The van der Waals surface area contributed by atoms with Crippen LogP contribution in [0.2, 0.25) is 0 Å². The Hall–Kier alpha value is -3.88. The average molecular weight is 422 g/mol. The number of ether oxygens (including phenoxy) is 1. The Kier molecular flexibility index (Phi) is 5.83. The molecule has 160 valence electrons. The number of carbonyl (C=O) groups is 3. The van der Waals surface area contributed by atoms with Crippen molar-refractivity contribution in [2.24, 2.45) is 0 Å². The molecule has 4 rings (SSSR count). The van der Waals surface area contributed by atoms with Gasteiger partial charge in [-0.3, -0.25) is 14.4 Å². The van der Waals surface area contributed by atoms with Crippen LogP contribution in [0.1, 0.15) is 21.0 Å². The van der Waals surface area contributed by atoms with Crippen molar-refractivity contribution in [3.63, 3.8) is 0 Å². The van der Waals surface area contributed by atoms with Crippen LogP contribution in [0.4, 0.5) is 0 Å². The van der Waals surface area contributed by atoms with Gasteiger partial charge >= 0.3 is 0 Å². The first-order chi connectivity index (χ1) is 15.1. The fourth-order valence-electron chi connectivity index (χ4n) is 3.50. The number of methoxy groups -OCH3 is 1. The Morgan fingerprint density at radius 3 is 2.52 bits per heavy atom. The van der Waals surface area contributed by atoms with Crippen molar-refractivity contribution < 1.29 is 23.5 Å². The molecule has 1 aliphatic heterocycles. The molecule has 1 N–H and O–H groups in total. The number of carbonyl (C=O) groups excluding carboxylic acids is 3. The summed E-state index contributed by atoms with van der Waals surface area (Å²) in [5.74, 6) is -0.0401. The molecule has 1 aliphatic rings. The van der Waals surface area contributed by atoms with Crippen LogP contribution < -0.4 is 10.1 Å². The van der Waals surface area contributed by atoms with Crippen LogP contribution in [0.25, 0.3) is 10.9 Å². The van der Waals surface area contributed by atoms with Gasteiger partial charge in [0, 0.05) is 37.6 Å².